The molecule has 33 heavy (non-hydrogen) atoms. The van der Waals surface area contributed by atoms with Crippen molar-refractivity contribution in [2.45, 2.75) is 23.9 Å². The Labute approximate surface area is 190 Å². The van der Waals surface area contributed by atoms with Crippen molar-refractivity contribution in [3.8, 4) is 5.82 Å². The van der Waals surface area contributed by atoms with Crippen LogP contribution in [0.1, 0.15) is 33.5 Å². The number of carbonyl (C=O) groups is 1. The average Bonchev–Trinajstić information content (AvgIpc) is 3.27. The van der Waals surface area contributed by atoms with E-state index < -0.39 is 22.0 Å². The Bertz CT molecular complexity index is 1440. The van der Waals surface area contributed by atoms with Gasteiger partial charge in [0.1, 0.15) is 5.82 Å². The smallest absolute Gasteiger partial charge is 0.335 e. The zero-order valence-corrected chi connectivity index (χ0v) is 18.1. The zero-order chi connectivity index (χ0) is 23.0. The maximum atomic E-state index is 13.9. The minimum absolute atomic E-state index is 0.0380. The summed E-state index contributed by atoms with van der Waals surface area (Å²) in [5, 5.41) is 9.37. The fourth-order valence-electron chi connectivity index (χ4n) is 4.01. The van der Waals surface area contributed by atoms with Crippen LogP contribution in [-0.4, -0.2) is 43.3 Å². The number of carboxylic acid groups (broad SMARTS) is 1. The Balaban J connectivity index is 1.69. The van der Waals surface area contributed by atoms with Gasteiger partial charge < -0.3 is 5.11 Å². The number of aromatic carboxylic acids is 1. The summed E-state index contributed by atoms with van der Waals surface area (Å²) in [4.78, 5) is 24.7. The highest BCUT2D eigenvalue weighted by Gasteiger charge is 2.39. The van der Waals surface area contributed by atoms with Gasteiger partial charge in [0.2, 0.25) is 10.0 Å². The van der Waals surface area contributed by atoms with Crippen LogP contribution in [0.25, 0.3) is 5.82 Å². The van der Waals surface area contributed by atoms with E-state index in [1.165, 1.54) is 34.8 Å². The molecule has 2 aromatic heterocycles. The molecule has 1 aliphatic rings. The Morgan fingerprint density at radius 3 is 2.58 bits per heavy atom. The van der Waals surface area contributed by atoms with Crippen LogP contribution in [-0.2, 0) is 23.0 Å². The van der Waals surface area contributed by atoms with Crippen molar-refractivity contribution in [1.82, 2.24) is 23.8 Å². The van der Waals surface area contributed by atoms with E-state index in [2.05, 4.69) is 15.0 Å². The molecule has 3 heterocycles. The fraction of sp³-hybridized carbons (Fsp3) is 0.130. The summed E-state index contributed by atoms with van der Waals surface area (Å²) in [5.41, 5.74) is 1.31. The molecule has 0 saturated carbocycles. The van der Waals surface area contributed by atoms with E-state index in [4.69, 9.17) is 0 Å². The van der Waals surface area contributed by atoms with Crippen molar-refractivity contribution < 1.29 is 18.3 Å². The second-order valence-electron chi connectivity index (χ2n) is 7.57. The van der Waals surface area contributed by atoms with Gasteiger partial charge in [-0.1, -0.05) is 36.4 Å². The van der Waals surface area contributed by atoms with Gasteiger partial charge in [-0.25, -0.2) is 23.2 Å². The Hall–Kier alpha value is -3.89. The van der Waals surface area contributed by atoms with Crippen LogP contribution in [0.4, 0.5) is 0 Å². The molecule has 0 radical (unpaired) electrons. The van der Waals surface area contributed by atoms with Gasteiger partial charge in [0.25, 0.3) is 0 Å². The van der Waals surface area contributed by atoms with E-state index in [1.807, 2.05) is 30.3 Å². The summed E-state index contributed by atoms with van der Waals surface area (Å²) in [6.45, 7) is -0.0380. The molecular weight excluding hydrogens is 442 g/mol. The fourth-order valence-corrected chi connectivity index (χ4v) is 5.60. The molecule has 0 fully saturated rings. The topological polar surface area (TPSA) is 118 Å². The van der Waals surface area contributed by atoms with E-state index >= 15 is 0 Å². The third kappa shape index (κ3) is 3.79. The lowest BCUT2D eigenvalue weighted by atomic mass is 10.1. The summed E-state index contributed by atoms with van der Waals surface area (Å²) in [5.74, 6) is -0.174. The molecule has 0 saturated heterocycles. The molecule has 166 valence electrons. The van der Waals surface area contributed by atoms with Crippen LogP contribution in [0.3, 0.4) is 0 Å². The molecule has 0 unspecified atom stereocenters. The molecule has 9 nitrogen and oxygen atoms in total. The van der Waals surface area contributed by atoms with Gasteiger partial charge in [-0.2, -0.15) is 4.31 Å². The van der Waals surface area contributed by atoms with Crippen molar-refractivity contribution in [2.75, 3.05) is 0 Å². The molecule has 0 spiro atoms. The minimum Gasteiger partial charge on any atom is -0.478 e. The van der Waals surface area contributed by atoms with Gasteiger partial charge in [0, 0.05) is 24.8 Å². The molecular formula is C23H19N5O4S. The molecule has 0 bridgehead atoms. The van der Waals surface area contributed by atoms with Crippen molar-refractivity contribution >= 4 is 16.0 Å². The first-order valence-electron chi connectivity index (χ1n) is 10.2. The second kappa shape index (κ2) is 8.23. The van der Waals surface area contributed by atoms with Crippen LogP contribution in [0.15, 0.2) is 84.3 Å². The van der Waals surface area contributed by atoms with Crippen molar-refractivity contribution in [3.63, 3.8) is 0 Å². The van der Waals surface area contributed by atoms with Crippen LogP contribution in [0.5, 0.6) is 0 Å². The minimum atomic E-state index is -4.13. The van der Waals surface area contributed by atoms with Crippen molar-refractivity contribution in [3.05, 3.63) is 102 Å². The third-order valence-electron chi connectivity index (χ3n) is 5.56. The van der Waals surface area contributed by atoms with Gasteiger partial charge >= 0.3 is 5.97 Å². The Morgan fingerprint density at radius 1 is 1.00 bits per heavy atom. The van der Waals surface area contributed by atoms with Gasteiger partial charge in [0.05, 0.1) is 28.7 Å². The zero-order valence-electron chi connectivity index (χ0n) is 17.3. The predicted molar refractivity (Wildman–Crippen MR) is 118 cm³/mol. The normalized spacial score (nSPS) is 15.9. The number of nitrogens with zero attached hydrogens (tertiary/aromatic N) is 5. The van der Waals surface area contributed by atoms with Gasteiger partial charge in [-0.15, -0.1) is 0 Å². The number of imidazole rings is 1. The lowest BCUT2D eigenvalue weighted by molar-refractivity contribution is 0.0696. The van der Waals surface area contributed by atoms with Gasteiger partial charge in [0.15, 0.2) is 5.82 Å². The largest absolute Gasteiger partial charge is 0.478 e. The van der Waals surface area contributed by atoms with Crippen molar-refractivity contribution in [2.24, 2.45) is 0 Å². The maximum absolute atomic E-state index is 13.9. The Kier molecular flexibility index (Phi) is 5.23. The quantitative estimate of drug-likeness (QED) is 0.485. The molecule has 1 atom stereocenters. The first-order chi connectivity index (χ1) is 15.9. The van der Waals surface area contributed by atoms with E-state index in [0.717, 1.165) is 5.56 Å². The van der Waals surface area contributed by atoms with Crippen molar-refractivity contribution in [1.29, 1.82) is 0 Å². The molecule has 10 heteroatoms. The lowest BCUT2D eigenvalue weighted by Gasteiger charge is -2.28. The third-order valence-corrected chi connectivity index (χ3v) is 7.41. The van der Waals surface area contributed by atoms with E-state index in [-0.39, 0.29) is 17.0 Å². The monoisotopic (exact) mass is 461 g/mol. The SMILES string of the molecule is O=C(O)c1cccc(S(=O)(=O)N2Cc3nccnc3-n3ccnc3[C@H]2Cc2ccccc2)c1. The molecule has 1 aliphatic heterocycles. The molecule has 5 rings (SSSR count). The van der Waals surface area contributed by atoms with Gasteiger partial charge in [-0.3, -0.25) is 9.55 Å². The standard InChI is InChI=1S/C23H19N5O4S/c29-23(30)17-7-4-8-18(14-17)33(31,32)28-15-19-21(25-10-9-24-19)27-12-11-26-22(27)20(28)13-16-5-2-1-3-6-16/h1-12,14,20H,13,15H2,(H,29,30)/t20-/m1/s1. The molecule has 0 amide bonds. The number of hydrogen-bond acceptors (Lipinski definition) is 6. The summed E-state index contributed by atoms with van der Waals surface area (Å²) in [6.07, 6.45) is 6.77. The molecule has 2 aromatic carbocycles. The lowest BCUT2D eigenvalue weighted by Crippen LogP contribution is -2.36. The number of carboxylic acids is 1. The first kappa shape index (κ1) is 21.0. The highest BCUT2D eigenvalue weighted by Crippen LogP contribution is 2.36. The molecule has 0 aliphatic carbocycles. The predicted octanol–water partition coefficient (Wildman–Crippen LogP) is 2.85. The molecule has 4 aromatic rings. The first-order valence-corrected chi connectivity index (χ1v) is 11.6. The number of aromatic nitrogens is 4. The van der Waals surface area contributed by atoms with Crippen LogP contribution in [0, 0.1) is 0 Å². The number of fused-ring (bicyclic) bond motifs is 3. The van der Waals surface area contributed by atoms with Crippen LogP contribution < -0.4 is 0 Å². The second-order valence-corrected chi connectivity index (χ2v) is 9.46. The van der Waals surface area contributed by atoms with Crippen LogP contribution >= 0.6 is 0 Å². The molecule has 1 N–H and O–H groups in total. The summed E-state index contributed by atoms with van der Waals surface area (Å²) in [7, 11) is -4.13. The summed E-state index contributed by atoms with van der Waals surface area (Å²) in [6, 6.07) is 14.2. The summed E-state index contributed by atoms with van der Waals surface area (Å²) < 4.78 is 30.9. The van der Waals surface area contributed by atoms with E-state index in [1.54, 1.807) is 23.2 Å². The van der Waals surface area contributed by atoms with E-state index in [0.29, 0.717) is 23.8 Å². The number of hydrogen-bond donors (Lipinski definition) is 1. The van der Waals surface area contributed by atoms with E-state index in [9.17, 15) is 18.3 Å². The highest BCUT2D eigenvalue weighted by molar-refractivity contribution is 7.89. The van der Waals surface area contributed by atoms with Gasteiger partial charge in [-0.05, 0) is 30.2 Å². The number of benzene rings is 2. The van der Waals surface area contributed by atoms with Crippen LogP contribution in [0.2, 0.25) is 0 Å². The number of rotatable bonds is 5. The highest BCUT2D eigenvalue weighted by atomic mass is 32.2. The Morgan fingerprint density at radius 2 is 1.79 bits per heavy atom. The number of sulfonamides is 1. The average molecular weight is 462 g/mol. The maximum Gasteiger partial charge on any atom is 0.335 e. The summed E-state index contributed by atoms with van der Waals surface area (Å²) >= 11 is 0.